The molecule has 0 saturated heterocycles. The lowest BCUT2D eigenvalue weighted by Gasteiger charge is -2.07. The van der Waals surface area contributed by atoms with Crippen molar-refractivity contribution in [1.82, 2.24) is 19.7 Å². The maximum absolute atomic E-state index is 6.23. The Morgan fingerprint density at radius 1 is 1.35 bits per heavy atom. The summed E-state index contributed by atoms with van der Waals surface area (Å²) < 4.78 is 7.25. The van der Waals surface area contributed by atoms with E-state index >= 15 is 0 Å². The third kappa shape index (κ3) is 2.29. The van der Waals surface area contributed by atoms with E-state index in [2.05, 4.69) is 15.1 Å². The van der Waals surface area contributed by atoms with Crippen molar-refractivity contribution < 1.29 is 4.52 Å². The molecular formula is C14H15ClN4O. The molecule has 0 N–H and O–H groups in total. The zero-order valence-corrected chi connectivity index (χ0v) is 12.3. The number of nitrogens with zero attached hydrogens (tertiary/aromatic N) is 4. The summed E-state index contributed by atoms with van der Waals surface area (Å²) in [5, 5.41) is 3.70. The fourth-order valence-electron chi connectivity index (χ4n) is 2.24. The molecule has 0 saturated carbocycles. The molecule has 0 aliphatic carbocycles. The van der Waals surface area contributed by atoms with Crippen LogP contribution in [-0.2, 0) is 6.54 Å². The Morgan fingerprint density at radius 2 is 2.15 bits per heavy atom. The van der Waals surface area contributed by atoms with Gasteiger partial charge >= 0.3 is 0 Å². The second kappa shape index (κ2) is 4.90. The van der Waals surface area contributed by atoms with Crippen molar-refractivity contribution in [2.45, 2.75) is 32.7 Å². The van der Waals surface area contributed by atoms with Crippen LogP contribution in [0, 0.1) is 13.8 Å². The highest BCUT2D eigenvalue weighted by Gasteiger charge is 2.17. The van der Waals surface area contributed by atoms with Crippen LogP contribution in [0.25, 0.3) is 11.2 Å². The minimum atomic E-state index is -0.200. The van der Waals surface area contributed by atoms with Crippen LogP contribution in [0.15, 0.2) is 22.9 Å². The molecule has 3 heterocycles. The maximum Gasteiger partial charge on any atom is 0.160 e. The first-order chi connectivity index (χ1) is 9.54. The highest BCUT2D eigenvalue weighted by atomic mass is 35.5. The van der Waals surface area contributed by atoms with Crippen LogP contribution in [0.3, 0.4) is 0 Å². The number of hydrogen-bond acceptors (Lipinski definition) is 4. The third-order valence-electron chi connectivity index (χ3n) is 3.10. The SMILES string of the molecule is Cc1cnc2c(c1)nc(C(C)Cl)n2Cc1cc(C)no1. The van der Waals surface area contributed by atoms with Crippen LogP contribution in [0.5, 0.6) is 0 Å². The predicted octanol–water partition coefficient (Wildman–Crippen LogP) is 3.38. The van der Waals surface area contributed by atoms with Crippen molar-refractivity contribution in [3.8, 4) is 0 Å². The minimum Gasteiger partial charge on any atom is -0.359 e. The summed E-state index contributed by atoms with van der Waals surface area (Å²) in [7, 11) is 0. The van der Waals surface area contributed by atoms with E-state index in [0.29, 0.717) is 6.54 Å². The van der Waals surface area contributed by atoms with Crippen LogP contribution >= 0.6 is 11.6 Å². The van der Waals surface area contributed by atoms with Gasteiger partial charge in [-0.3, -0.25) is 0 Å². The normalized spacial score (nSPS) is 13.0. The molecule has 1 unspecified atom stereocenters. The molecule has 20 heavy (non-hydrogen) atoms. The molecule has 3 rings (SSSR count). The van der Waals surface area contributed by atoms with Crippen molar-refractivity contribution in [3.05, 3.63) is 41.2 Å². The lowest BCUT2D eigenvalue weighted by molar-refractivity contribution is 0.372. The van der Waals surface area contributed by atoms with Gasteiger partial charge < -0.3 is 9.09 Å². The molecule has 3 aromatic heterocycles. The number of fused-ring (bicyclic) bond motifs is 1. The third-order valence-corrected chi connectivity index (χ3v) is 3.29. The topological polar surface area (TPSA) is 56.7 Å². The van der Waals surface area contributed by atoms with Gasteiger partial charge in [0, 0.05) is 12.3 Å². The van der Waals surface area contributed by atoms with Crippen molar-refractivity contribution in [1.29, 1.82) is 0 Å². The van der Waals surface area contributed by atoms with Crippen LogP contribution in [-0.4, -0.2) is 19.7 Å². The highest BCUT2D eigenvalue weighted by Crippen LogP contribution is 2.25. The largest absolute Gasteiger partial charge is 0.359 e. The van der Waals surface area contributed by atoms with Crippen LogP contribution in [0.1, 0.15) is 35.1 Å². The number of hydrogen-bond donors (Lipinski definition) is 0. The van der Waals surface area contributed by atoms with E-state index in [4.69, 9.17) is 16.1 Å². The molecule has 0 amide bonds. The van der Waals surface area contributed by atoms with Crippen molar-refractivity contribution in [3.63, 3.8) is 0 Å². The lowest BCUT2D eigenvalue weighted by Crippen LogP contribution is -2.06. The number of aromatic nitrogens is 4. The second-order valence-corrected chi connectivity index (χ2v) is 5.62. The number of rotatable bonds is 3. The number of alkyl halides is 1. The van der Waals surface area contributed by atoms with Gasteiger partial charge in [-0.2, -0.15) is 0 Å². The van der Waals surface area contributed by atoms with E-state index < -0.39 is 0 Å². The molecule has 0 radical (unpaired) electrons. The minimum absolute atomic E-state index is 0.200. The first-order valence-electron chi connectivity index (χ1n) is 6.43. The van der Waals surface area contributed by atoms with Crippen molar-refractivity contribution in [2.75, 3.05) is 0 Å². The molecule has 6 heteroatoms. The highest BCUT2D eigenvalue weighted by molar-refractivity contribution is 6.20. The maximum atomic E-state index is 6.23. The summed E-state index contributed by atoms with van der Waals surface area (Å²) in [6.45, 7) is 6.32. The molecule has 3 aromatic rings. The van der Waals surface area contributed by atoms with E-state index in [1.54, 1.807) is 0 Å². The summed E-state index contributed by atoms with van der Waals surface area (Å²) in [6.07, 6.45) is 1.83. The van der Waals surface area contributed by atoms with Gasteiger partial charge in [0.15, 0.2) is 11.4 Å². The first kappa shape index (κ1) is 13.1. The summed E-state index contributed by atoms with van der Waals surface area (Å²) >= 11 is 6.23. The van der Waals surface area contributed by atoms with Crippen LogP contribution in [0.4, 0.5) is 0 Å². The van der Waals surface area contributed by atoms with Crippen LogP contribution < -0.4 is 0 Å². The van der Waals surface area contributed by atoms with Gasteiger partial charge in [-0.1, -0.05) is 5.16 Å². The van der Waals surface area contributed by atoms with Gasteiger partial charge in [-0.05, 0) is 32.4 Å². The number of imidazole rings is 1. The monoisotopic (exact) mass is 290 g/mol. The molecule has 0 bridgehead atoms. The Balaban J connectivity index is 2.13. The van der Waals surface area contributed by atoms with E-state index in [1.165, 1.54) is 0 Å². The summed E-state index contributed by atoms with van der Waals surface area (Å²) in [4.78, 5) is 9.05. The van der Waals surface area contributed by atoms with Gasteiger partial charge in [0.25, 0.3) is 0 Å². The zero-order valence-electron chi connectivity index (χ0n) is 11.6. The van der Waals surface area contributed by atoms with Crippen molar-refractivity contribution >= 4 is 22.8 Å². The van der Waals surface area contributed by atoms with E-state index in [1.807, 2.05) is 43.7 Å². The molecule has 5 nitrogen and oxygen atoms in total. The summed E-state index contributed by atoms with van der Waals surface area (Å²) in [5.74, 6) is 1.55. The van der Waals surface area contributed by atoms with E-state index in [-0.39, 0.29) is 5.38 Å². The Kier molecular flexibility index (Phi) is 3.22. The molecule has 0 fully saturated rings. The first-order valence-corrected chi connectivity index (χ1v) is 6.87. The van der Waals surface area contributed by atoms with E-state index in [0.717, 1.165) is 34.0 Å². The van der Waals surface area contributed by atoms with Gasteiger partial charge in [0.05, 0.1) is 17.6 Å². The quantitative estimate of drug-likeness (QED) is 0.694. The van der Waals surface area contributed by atoms with Gasteiger partial charge in [0.1, 0.15) is 11.3 Å². The standard InChI is InChI=1S/C14H15ClN4O/c1-8-4-12-14(16-6-8)19(13(17-12)10(3)15)7-11-5-9(2)18-20-11/h4-6,10H,7H2,1-3H3. The smallest absolute Gasteiger partial charge is 0.160 e. The fraction of sp³-hybridized carbons (Fsp3) is 0.357. The average molecular weight is 291 g/mol. The van der Waals surface area contributed by atoms with Crippen molar-refractivity contribution in [2.24, 2.45) is 0 Å². The van der Waals surface area contributed by atoms with Gasteiger partial charge in [-0.15, -0.1) is 11.6 Å². The Morgan fingerprint density at radius 3 is 2.80 bits per heavy atom. The lowest BCUT2D eigenvalue weighted by atomic mass is 10.3. The van der Waals surface area contributed by atoms with Gasteiger partial charge in [0.2, 0.25) is 0 Å². The predicted molar refractivity (Wildman–Crippen MR) is 76.9 cm³/mol. The molecule has 0 spiro atoms. The molecular weight excluding hydrogens is 276 g/mol. The Hall–Kier alpha value is -1.88. The Bertz CT molecular complexity index is 760. The Labute approximate surface area is 121 Å². The molecule has 0 aromatic carbocycles. The number of pyridine rings is 1. The summed E-state index contributed by atoms with van der Waals surface area (Å²) in [6, 6.07) is 3.91. The van der Waals surface area contributed by atoms with E-state index in [9.17, 15) is 0 Å². The summed E-state index contributed by atoms with van der Waals surface area (Å²) in [5.41, 5.74) is 3.59. The molecule has 0 aliphatic rings. The second-order valence-electron chi connectivity index (χ2n) is 4.96. The van der Waals surface area contributed by atoms with Gasteiger partial charge in [-0.25, -0.2) is 9.97 Å². The average Bonchev–Trinajstić information content (AvgIpc) is 2.94. The fourth-order valence-corrected chi connectivity index (χ4v) is 2.40. The molecule has 1 atom stereocenters. The van der Waals surface area contributed by atoms with Crippen LogP contribution in [0.2, 0.25) is 0 Å². The number of aryl methyl sites for hydroxylation is 2. The molecule has 0 aliphatic heterocycles. The molecule has 104 valence electrons. The number of halogens is 1. The zero-order chi connectivity index (χ0) is 14.3.